The van der Waals surface area contributed by atoms with Crippen molar-refractivity contribution >= 4 is 0 Å². The van der Waals surface area contributed by atoms with E-state index in [-0.39, 0.29) is 0 Å². The Morgan fingerprint density at radius 3 is 2.55 bits per heavy atom. The molecular formula is C19H25N3. The fourth-order valence-electron chi connectivity index (χ4n) is 4.30. The van der Waals surface area contributed by atoms with E-state index in [4.69, 9.17) is 0 Å². The Hall–Kier alpha value is -1.61. The second-order valence-electron chi connectivity index (χ2n) is 7.09. The van der Waals surface area contributed by atoms with Gasteiger partial charge in [0.1, 0.15) is 0 Å². The molecule has 0 spiro atoms. The first-order chi connectivity index (χ1) is 10.9. The van der Waals surface area contributed by atoms with Crippen LogP contribution in [0.3, 0.4) is 0 Å². The molecule has 116 valence electrons. The monoisotopic (exact) mass is 295 g/mol. The van der Waals surface area contributed by atoms with E-state index in [1.165, 1.54) is 50.0 Å². The average Bonchev–Trinajstić information content (AvgIpc) is 2.95. The van der Waals surface area contributed by atoms with Crippen LogP contribution in [0.15, 0.2) is 42.9 Å². The molecule has 2 heterocycles. The summed E-state index contributed by atoms with van der Waals surface area (Å²) in [7, 11) is 0. The Kier molecular flexibility index (Phi) is 3.98. The number of aromatic nitrogens is 2. The number of fused-ring (bicyclic) bond motifs is 2. The van der Waals surface area contributed by atoms with Gasteiger partial charge in [0.05, 0.1) is 12.0 Å². The van der Waals surface area contributed by atoms with Crippen LogP contribution in [0.1, 0.15) is 36.9 Å². The first-order valence-corrected chi connectivity index (χ1v) is 8.62. The summed E-state index contributed by atoms with van der Waals surface area (Å²) in [5.74, 6) is 1.89. The minimum Gasteiger partial charge on any atom is -0.329 e. The summed E-state index contributed by atoms with van der Waals surface area (Å²) in [5, 5.41) is 0. The number of hydrogen-bond acceptors (Lipinski definition) is 2. The van der Waals surface area contributed by atoms with Gasteiger partial charge in [-0.05, 0) is 36.7 Å². The van der Waals surface area contributed by atoms with Crippen molar-refractivity contribution in [2.45, 2.75) is 38.8 Å². The molecular weight excluding hydrogens is 270 g/mol. The third-order valence-electron chi connectivity index (χ3n) is 5.30. The van der Waals surface area contributed by atoms with Crippen molar-refractivity contribution in [2.24, 2.45) is 11.8 Å². The molecule has 2 atom stereocenters. The van der Waals surface area contributed by atoms with Crippen LogP contribution in [0, 0.1) is 11.8 Å². The molecule has 1 aromatic heterocycles. The SMILES string of the molecule is c1ccc(Cn2cncc2CN2C[C@H]3CCC[C@@H](C3)C2)cc1. The fraction of sp³-hybridized carbons (Fsp3) is 0.526. The lowest BCUT2D eigenvalue weighted by Gasteiger charge is -2.41. The predicted molar refractivity (Wildman–Crippen MR) is 88.5 cm³/mol. The third-order valence-corrected chi connectivity index (χ3v) is 5.30. The maximum Gasteiger partial charge on any atom is 0.0951 e. The van der Waals surface area contributed by atoms with Crippen LogP contribution in [0.2, 0.25) is 0 Å². The summed E-state index contributed by atoms with van der Waals surface area (Å²) in [5.41, 5.74) is 2.70. The standard InChI is InChI=1S/C19H25N3/c1-2-5-16(6-3-1)13-22-15-20-10-19(22)14-21-11-17-7-4-8-18(9-17)12-21/h1-3,5-6,10,15,17-18H,4,7-9,11-14H2/t17-,18-/m0/s1. The van der Waals surface area contributed by atoms with E-state index in [9.17, 15) is 0 Å². The second kappa shape index (κ2) is 6.25. The van der Waals surface area contributed by atoms with Crippen LogP contribution in [0.25, 0.3) is 0 Å². The van der Waals surface area contributed by atoms with E-state index in [1.807, 2.05) is 12.5 Å². The summed E-state index contributed by atoms with van der Waals surface area (Å²) in [6.07, 6.45) is 9.84. The molecule has 1 aromatic carbocycles. The van der Waals surface area contributed by atoms with Crippen molar-refractivity contribution in [2.75, 3.05) is 13.1 Å². The predicted octanol–water partition coefficient (Wildman–Crippen LogP) is 3.55. The molecule has 2 aliphatic rings. The summed E-state index contributed by atoms with van der Waals surface area (Å²) < 4.78 is 2.31. The van der Waals surface area contributed by atoms with Gasteiger partial charge in [0.2, 0.25) is 0 Å². The van der Waals surface area contributed by atoms with Gasteiger partial charge in [-0.3, -0.25) is 4.90 Å². The van der Waals surface area contributed by atoms with Crippen LogP contribution in [-0.2, 0) is 13.1 Å². The lowest BCUT2D eigenvalue weighted by Crippen LogP contribution is -2.42. The van der Waals surface area contributed by atoms with E-state index in [0.29, 0.717) is 0 Å². The summed E-state index contributed by atoms with van der Waals surface area (Å²) in [4.78, 5) is 7.06. The molecule has 0 amide bonds. The Labute approximate surface area is 133 Å². The molecule has 1 aliphatic carbocycles. The maximum atomic E-state index is 4.39. The molecule has 0 N–H and O–H groups in total. The minimum absolute atomic E-state index is 0.927. The zero-order chi connectivity index (χ0) is 14.8. The highest BCUT2D eigenvalue weighted by Crippen LogP contribution is 2.34. The van der Waals surface area contributed by atoms with Gasteiger partial charge in [-0.25, -0.2) is 4.98 Å². The molecule has 1 aliphatic heterocycles. The van der Waals surface area contributed by atoms with Gasteiger partial charge in [0.15, 0.2) is 0 Å². The van der Waals surface area contributed by atoms with E-state index < -0.39 is 0 Å². The lowest BCUT2D eigenvalue weighted by molar-refractivity contribution is 0.0791. The molecule has 0 radical (unpaired) electrons. The van der Waals surface area contributed by atoms with Crippen LogP contribution >= 0.6 is 0 Å². The molecule has 2 bridgehead atoms. The highest BCUT2D eigenvalue weighted by molar-refractivity contribution is 5.16. The average molecular weight is 295 g/mol. The van der Waals surface area contributed by atoms with Crippen molar-refractivity contribution < 1.29 is 0 Å². The first-order valence-electron chi connectivity index (χ1n) is 8.62. The Morgan fingerprint density at radius 2 is 1.77 bits per heavy atom. The molecule has 1 saturated carbocycles. The van der Waals surface area contributed by atoms with Gasteiger partial charge in [0, 0.05) is 32.4 Å². The first kappa shape index (κ1) is 14.0. The van der Waals surface area contributed by atoms with Crippen LogP contribution in [-0.4, -0.2) is 27.5 Å². The van der Waals surface area contributed by atoms with Gasteiger partial charge in [0.25, 0.3) is 0 Å². The summed E-state index contributed by atoms with van der Waals surface area (Å²) in [6, 6.07) is 10.7. The fourth-order valence-corrected chi connectivity index (χ4v) is 4.30. The van der Waals surface area contributed by atoms with Crippen LogP contribution in [0.4, 0.5) is 0 Å². The Bertz CT molecular complexity index is 592. The zero-order valence-electron chi connectivity index (χ0n) is 13.2. The third kappa shape index (κ3) is 3.09. The van der Waals surface area contributed by atoms with Gasteiger partial charge < -0.3 is 4.57 Å². The number of rotatable bonds is 4. The van der Waals surface area contributed by atoms with Gasteiger partial charge >= 0.3 is 0 Å². The number of piperidine rings is 1. The number of benzene rings is 1. The number of nitrogens with zero attached hydrogens (tertiary/aromatic N) is 3. The highest BCUT2D eigenvalue weighted by atomic mass is 15.2. The molecule has 2 aromatic rings. The van der Waals surface area contributed by atoms with Crippen molar-refractivity contribution in [3.05, 3.63) is 54.1 Å². The van der Waals surface area contributed by atoms with E-state index >= 15 is 0 Å². The minimum atomic E-state index is 0.927. The number of likely N-dealkylation sites (tertiary alicyclic amines) is 1. The number of hydrogen-bond donors (Lipinski definition) is 0. The lowest BCUT2D eigenvalue weighted by atomic mass is 9.78. The highest BCUT2D eigenvalue weighted by Gasteiger charge is 2.30. The van der Waals surface area contributed by atoms with E-state index in [0.717, 1.165) is 24.9 Å². The quantitative estimate of drug-likeness (QED) is 0.860. The van der Waals surface area contributed by atoms with Gasteiger partial charge in [-0.2, -0.15) is 0 Å². The van der Waals surface area contributed by atoms with E-state index in [1.54, 1.807) is 0 Å². The Morgan fingerprint density at radius 1 is 1.00 bits per heavy atom. The molecule has 2 fully saturated rings. The largest absolute Gasteiger partial charge is 0.329 e. The normalized spacial score (nSPS) is 25.3. The van der Waals surface area contributed by atoms with Crippen molar-refractivity contribution in [1.29, 1.82) is 0 Å². The molecule has 22 heavy (non-hydrogen) atoms. The molecule has 4 rings (SSSR count). The van der Waals surface area contributed by atoms with Crippen molar-refractivity contribution in [3.8, 4) is 0 Å². The molecule has 3 heteroatoms. The smallest absolute Gasteiger partial charge is 0.0951 e. The summed E-state index contributed by atoms with van der Waals surface area (Å²) >= 11 is 0. The van der Waals surface area contributed by atoms with Gasteiger partial charge in [-0.1, -0.05) is 36.8 Å². The Balaban J connectivity index is 1.44. The van der Waals surface area contributed by atoms with E-state index in [2.05, 4.69) is 44.8 Å². The molecule has 1 saturated heterocycles. The van der Waals surface area contributed by atoms with Crippen LogP contribution in [0.5, 0.6) is 0 Å². The zero-order valence-corrected chi connectivity index (χ0v) is 13.2. The molecule has 0 unspecified atom stereocenters. The second-order valence-corrected chi connectivity index (χ2v) is 7.09. The van der Waals surface area contributed by atoms with Crippen molar-refractivity contribution in [3.63, 3.8) is 0 Å². The number of imidazole rings is 1. The molecule has 3 nitrogen and oxygen atoms in total. The topological polar surface area (TPSA) is 21.1 Å². The maximum absolute atomic E-state index is 4.39. The van der Waals surface area contributed by atoms with Crippen LogP contribution < -0.4 is 0 Å². The van der Waals surface area contributed by atoms with Crippen molar-refractivity contribution in [1.82, 2.24) is 14.5 Å². The summed E-state index contributed by atoms with van der Waals surface area (Å²) in [6.45, 7) is 4.55. The van der Waals surface area contributed by atoms with Gasteiger partial charge in [-0.15, -0.1) is 0 Å².